The molecular weight excluding hydrogens is 204 g/mol. The SMILES string of the molecule is COc1cc(C)nc(NCC(C)CCN)n1. The molecule has 0 amide bonds. The van der Waals surface area contributed by atoms with E-state index in [-0.39, 0.29) is 0 Å². The molecule has 16 heavy (non-hydrogen) atoms. The van der Waals surface area contributed by atoms with Crippen molar-refractivity contribution in [1.29, 1.82) is 0 Å². The summed E-state index contributed by atoms with van der Waals surface area (Å²) in [5, 5.41) is 3.19. The van der Waals surface area contributed by atoms with Crippen LogP contribution in [0.15, 0.2) is 6.07 Å². The second-order valence-corrected chi connectivity index (χ2v) is 3.94. The van der Waals surface area contributed by atoms with Crippen LogP contribution in [0.5, 0.6) is 5.88 Å². The van der Waals surface area contributed by atoms with Crippen LogP contribution in [0.25, 0.3) is 0 Å². The van der Waals surface area contributed by atoms with Gasteiger partial charge in [-0.3, -0.25) is 0 Å². The quantitative estimate of drug-likeness (QED) is 0.759. The van der Waals surface area contributed by atoms with E-state index in [1.165, 1.54) is 0 Å². The van der Waals surface area contributed by atoms with Gasteiger partial charge in [-0.1, -0.05) is 6.92 Å². The first-order chi connectivity index (χ1) is 7.65. The summed E-state index contributed by atoms with van der Waals surface area (Å²) in [5.74, 6) is 1.71. The Hall–Kier alpha value is -1.36. The van der Waals surface area contributed by atoms with E-state index in [0.717, 1.165) is 18.7 Å². The van der Waals surface area contributed by atoms with Crippen molar-refractivity contribution < 1.29 is 4.74 Å². The zero-order valence-electron chi connectivity index (χ0n) is 10.2. The highest BCUT2D eigenvalue weighted by molar-refractivity contribution is 5.30. The topological polar surface area (TPSA) is 73.1 Å². The van der Waals surface area contributed by atoms with Crippen LogP contribution < -0.4 is 15.8 Å². The number of nitrogens with two attached hydrogens (primary N) is 1. The summed E-state index contributed by atoms with van der Waals surface area (Å²) >= 11 is 0. The van der Waals surface area contributed by atoms with Gasteiger partial charge in [0.05, 0.1) is 7.11 Å². The van der Waals surface area contributed by atoms with Crippen molar-refractivity contribution in [2.45, 2.75) is 20.3 Å². The molecule has 5 nitrogen and oxygen atoms in total. The minimum absolute atomic E-state index is 0.514. The van der Waals surface area contributed by atoms with Gasteiger partial charge in [-0.05, 0) is 25.8 Å². The van der Waals surface area contributed by atoms with Crippen LogP contribution in [0.1, 0.15) is 19.0 Å². The third kappa shape index (κ3) is 4.02. The molecule has 90 valence electrons. The maximum absolute atomic E-state index is 5.49. The van der Waals surface area contributed by atoms with Crippen LogP contribution in [-0.2, 0) is 0 Å². The van der Waals surface area contributed by atoms with E-state index in [4.69, 9.17) is 10.5 Å². The number of nitrogens with one attached hydrogen (secondary N) is 1. The average molecular weight is 224 g/mol. The van der Waals surface area contributed by atoms with Gasteiger partial charge < -0.3 is 15.8 Å². The molecule has 1 unspecified atom stereocenters. The molecule has 0 aliphatic heterocycles. The molecule has 3 N–H and O–H groups in total. The van der Waals surface area contributed by atoms with Crippen molar-refractivity contribution in [1.82, 2.24) is 9.97 Å². The molecule has 1 aromatic heterocycles. The number of methoxy groups -OCH3 is 1. The zero-order valence-corrected chi connectivity index (χ0v) is 10.2. The van der Waals surface area contributed by atoms with Gasteiger partial charge in [-0.15, -0.1) is 0 Å². The molecule has 0 aliphatic rings. The smallest absolute Gasteiger partial charge is 0.226 e. The van der Waals surface area contributed by atoms with Gasteiger partial charge in [-0.25, -0.2) is 4.98 Å². The molecule has 0 aliphatic carbocycles. The maximum atomic E-state index is 5.49. The monoisotopic (exact) mass is 224 g/mol. The number of anilines is 1. The van der Waals surface area contributed by atoms with Crippen LogP contribution >= 0.6 is 0 Å². The third-order valence-corrected chi connectivity index (χ3v) is 2.31. The predicted octanol–water partition coefficient (Wildman–Crippen LogP) is 1.19. The fraction of sp³-hybridized carbons (Fsp3) is 0.636. The van der Waals surface area contributed by atoms with E-state index < -0.39 is 0 Å². The second-order valence-electron chi connectivity index (χ2n) is 3.94. The van der Waals surface area contributed by atoms with Gasteiger partial charge in [0.25, 0.3) is 0 Å². The second kappa shape index (κ2) is 6.27. The Morgan fingerprint density at radius 2 is 2.25 bits per heavy atom. The molecular formula is C11H20N4O. The minimum atomic E-state index is 0.514. The highest BCUT2D eigenvalue weighted by Crippen LogP contribution is 2.11. The number of aromatic nitrogens is 2. The summed E-state index contributed by atoms with van der Waals surface area (Å²) in [7, 11) is 1.60. The van der Waals surface area contributed by atoms with Crippen LogP contribution in [0.2, 0.25) is 0 Å². The van der Waals surface area contributed by atoms with Gasteiger partial charge in [0, 0.05) is 18.3 Å². The highest BCUT2D eigenvalue weighted by Gasteiger charge is 2.04. The van der Waals surface area contributed by atoms with E-state index in [1.54, 1.807) is 13.2 Å². The number of nitrogens with zero attached hydrogens (tertiary/aromatic N) is 2. The first-order valence-electron chi connectivity index (χ1n) is 5.49. The molecule has 1 atom stereocenters. The van der Waals surface area contributed by atoms with Gasteiger partial charge in [0.1, 0.15) is 0 Å². The predicted molar refractivity (Wildman–Crippen MR) is 64.6 cm³/mol. The van der Waals surface area contributed by atoms with Crippen LogP contribution in [0.3, 0.4) is 0 Å². The number of ether oxygens (including phenoxy) is 1. The molecule has 0 aromatic carbocycles. The van der Waals surface area contributed by atoms with Crippen LogP contribution in [-0.4, -0.2) is 30.2 Å². The van der Waals surface area contributed by atoms with Crippen molar-refractivity contribution in [2.75, 3.05) is 25.5 Å². The molecule has 0 fully saturated rings. The minimum Gasteiger partial charge on any atom is -0.481 e. The van der Waals surface area contributed by atoms with Gasteiger partial charge in [0.15, 0.2) is 0 Å². The van der Waals surface area contributed by atoms with E-state index >= 15 is 0 Å². The Balaban J connectivity index is 2.56. The number of aryl methyl sites for hydroxylation is 1. The third-order valence-electron chi connectivity index (χ3n) is 2.31. The Morgan fingerprint density at radius 1 is 1.50 bits per heavy atom. The summed E-state index contributed by atoms with van der Waals surface area (Å²) in [6, 6.07) is 1.80. The fourth-order valence-electron chi connectivity index (χ4n) is 1.38. The molecule has 0 radical (unpaired) electrons. The maximum Gasteiger partial charge on any atom is 0.226 e. The molecule has 1 rings (SSSR count). The van der Waals surface area contributed by atoms with E-state index in [0.29, 0.717) is 24.3 Å². The Morgan fingerprint density at radius 3 is 2.88 bits per heavy atom. The van der Waals surface area contributed by atoms with Crippen molar-refractivity contribution in [3.8, 4) is 5.88 Å². The Kier molecular flexibility index (Phi) is 4.98. The van der Waals surface area contributed by atoms with Crippen LogP contribution in [0.4, 0.5) is 5.95 Å². The lowest BCUT2D eigenvalue weighted by molar-refractivity contribution is 0.397. The van der Waals surface area contributed by atoms with Crippen LogP contribution in [0, 0.1) is 12.8 Å². The Labute approximate surface area is 96.4 Å². The molecule has 0 bridgehead atoms. The van der Waals surface area contributed by atoms with Gasteiger partial charge in [-0.2, -0.15) is 4.98 Å². The largest absolute Gasteiger partial charge is 0.481 e. The lowest BCUT2D eigenvalue weighted by Gasteiger charge is -2.12. The molecule has 0 spiro atoms. The molecule has 5 heteroatoms. The summed E-state index contributed by atoms with van der Waals surface area (Å²) < 4.78 is 5.08. The molecule has 0 saturated heterocycles. The summed E-state index contributed by atoms with van der Waals surface area (Å²) in [4.78, 5) is 8.49. The fourth-order valence-corrected chi connectivity index (χ4v) is 1.38. The average Bonchev–Trinajstić information content (AvgIpc) is 2.26. The molecule has 1 heterocycles. The van der Waals surface area contributed by atoms with Crippen molar-refractivity contribution >= 4 is 5.95 Å². The van der Waals surface area contributed by atoms with Crippen molar-refractivity contribution in [2.24, 2.45) is 11.7 Å². The molecule has 1 aromatic rings. The van der Waals surface area contributed by atoms with E-state index in [1.807, 2.05) is 6.92 Å². The normalized spacial score (nSPS) is 12.2. The first kappa shape index (κ1) is 12.7. The van der Waals surface area contributed by atoms with E-state index in [9.17, 15) is 0 Å². The zero-order chi connectivity index (χ0) is 12.0. The lowest BCUT2D eigenvalue weighted by Crippen LogP contribution is -2.16. The summed E-state index contributed by atoms with van der Waals surface area (Å²) in [6.45, 7) is 5.59. The Bertz CT molecular complexity index is 330. The van der Waals surface area contributed by atoms with Crippen molar-refractivity contribution in [3.63, 3.8) is 0 Å². The lowest BCUT2D eigenvalue weighted by atomic mass is 10.1. The van der Waals surface area contributed by atoms with E-state index in [2.05, 4.69) is 22.2 Å². The number of hydrogen-bond acceptors (Lipinski definition) is 5. The summed E-state index contributed by atoms with van der Waals surface area (Å²) in [6.07, 6.45) is 0.996. The standard InChI is InChI=1S/C11H20N4O/c1-8(4-5-12)7-13-11-14-9(2)6-10(15-11)16-3/h6,8H,4-5,7,12H2,1-3H3,(H,13,14,15). The number of rotatable bonds is 6. The summed E-state index contributed by atoms with van der Waals surface area (Å²) in [5.41, 5.74) is 6.38. The van der Waals surface area contributed by atoms with Crippen molar-refractivity contribution in [3.05, 3.63) is 11.8 Å². The molecule has 0 saturated carbocycles. The first-order valence-corrected chi connectivity index (χ1v) is 5.49. The highest BCUT2D eigenvalue weighted by atomic mass is 16.5. The number of hydrogen-bond donors (Lipinski definition) is 2. The van der Waals surface area contributed by atoms with Gasteiger partial charge >= 0.3 is 0 Å². The van der Waals surface area contributed by atoms with Gasteiger partial charge in [0.2, 0.25) is 11.8 Å².